The molecule has 0 radical (unpaired) electrons. The van der Waals surface area contributed by atoms with E-state index in [-0.39, 0.29) is 5.41 Å². The molecule has 82 heavy (non-hydrogen) atoms. The van der Waals surface area contributed by atoms with Gasteiger partial charge in [-0.3, -0.25) is 13.5 Å². The monoisotopic (exact) mass is 1050 g/mol. The number of imidazole rings is 1. The molecular formula is C76H51N5O. The van der Waals surface area contributed by atoms with Crippen LogP contribution in [-0.2, 0) is 5.41 Å². The minimum atomic E-state index is -0.0774. The van der Waals surface area contributed by atoms with Crippen molar-refractivity contribution in [1.82, 2.24) is 18.4 Å². The summed E-state index contributed by atoms with van der Waals surface area (Å²) in [5, 5.41) is 18.0. The van der Waals surface area contributed by atoms with Crippen LogP contribution in [0.4, 0.5) is 0 Å². The van der Waals surface area contributed by atoms with E-state index in [0.29, 0.717) is 5.58 Å². The highest BCUT2D eigenvalue weighted by molar-refractivity contribution is 6.22. The summed E-state index contributed by atoms with van der Waals surface area (Å²) in [4.78, 5) is 5.07. The number of hydrogen-bond donors (Lipinski definition) is 0. The fourth-order valence-corrected chi connectivity index (χ4v) is 13.4. The molecule has 4 aromatic heterocycles. The summed E-state index contributed by atoms with van der Waals surface area (Å²) in [5.41, 5.74) is 12.0. The molecule has 3 aliphatic rings. The molecule has 18 rings (SSSR count). The summed E-state index contributed by atoms with van der Waals surface area (Å²) in [7, 11) is 0. The second-order valence-electron chi connectivity index (χ2n) is 22.9. The summed E-state index contributed by atoms with van der Waals surface area (Å²) in [6.07, 6.45) is 5.98. The summed E-state index contributed by atoms with van der Waals surface area (Å²) >= 11 is 0. The molecule has 11 aromatic carbocycles. The van der Waals surface area contributed by atoms with Crippen LogP contribution in [0.1, 0.15) is 26.3 Å². The molecule has 0 saturated heterocycles. The summed E-state index contributed by atoms with van der Waals surface area (Å²) < 4.78 is 16.8. The standard InChI is InChI=1S/C76H51N5O/c1-76(2,3)49-38-39-77-73(42-49)81-68-34-13-11-29-61(68)65-44-66-55-23-5-4-22-53(55)48-36-37-69-64(41-48)60-28-10-12-33-67(60)80(69)51-20-14-18-47(40-51)54-30-16-31-62-58-26-8-6-24-56(58)57-25-7-9-27-59(57)63-32-17-35-70-75(63)79(74(54)62)46-78(70)50-19-15-21-52(43-50)82-72(66)45-71(65)81/h4-45H,1-3H3. The van der Waals surface area contributed by atoms with Crippen LogP contribution in [0.5, 0.6) is 0 Å². The summed E-state index contributed by atoms with van der Waals surface area (Å²) in [5.74, 6) is 0.862. The van der Waals surface area contributed by atoms with Crippen molar-refractivity contribution >= 4 is 141 Å². The zero-order chi connectivity index (χ0) is 54.4. The van der Waals surface area contributed by atoms with Gasteiger partial charge in [0.05, 0.1) is 44.3 Å². The van der Waals surface area contributed by atoms with Gasteiger partial charge in [-0.25, -0.2) is 4.98 Å². The van der Waals surface area contributed by atoms with Crippen LogP contribution >= 0.6 is 0 Å². The number of para-hydroxylation sites is 4. The average Bonchev–Trinajstić information content (AvgIpc) is 4.30. The first kappa shape index (κ1) is 46.4. The number of aromatic nitrogens is 5. The number of pyridine rings is 1. The lowest BCUT2D eigenvalue weighted by Crippen LogP contribution is -2.30. The topological polar surface area (TPSA) is 43.7 Å². The highest BCUT2D eigenvalue weighted by Crippen LogP contribution is 2.40. The van der Waals surface area contributed by atoms with Gasteiger partial charge in [0.1, 0.15) is 17.0 Å². The van der Waals surface area contributed by atoms with Gasteiger partial charge in [0.2, 0.25) is 0 Å². The maximum atomic E-state index is 7.50. The Kier molecular flexibility index (Phi) is 9.88. The van der Waals surface area contributed by atoms with Gasteiger partial charge in [-0.1, -0.05) is 191 Å². The van der Waals surface area contributed by atoms with Crippen LogP contribution in [-0.4, -0.2) is 18.4 Å². The summed E-state index contributed by atoms with van der Waals surface area (Å²) in [6.45, 7) is 6.76. The first-order chi connectivity index (χ1) is 40.3. The van der Waals surface area contributed by atoms with Crippen LogP contribution < -0.4 is 4.57 Å². The van der Waals surface area contributed by atoms with E-state index in [9.17, 15) is 0 Å². The van der Waals surface area contributed by atoms with Gasteiger partial charge in [-0.15, -0.1) is 0 Å². The first-order valence-corrected chi connectivity index (χ1v) is 28.2. The van der Waals surface area contributed by atoms with Crippen molar-refractivity contribution in [2.75, 3.05) is 0 Å². The fraction of sp³-hybridized carbons (Fsp3) is 0.0526. The van der Waals surface area contributed by atoms with Crippen LogP contribution in [0.2, 0.25) is 0 Å². The van der Waals surface area contributed by atoms with Gasteiger partial charge in [0.25, 0.3) is 6.33 Å². The number of rotatable bonds is 1. The molecule has 3 aliphatic heterocycles. The van der Waals surface area contributed by atoms with Gasteiger partial charge in [0, 0.05) is 44.7 Å². The van der Waals surface area contributed by atoms with Gasteiger partial charge in [0.15, 0.2) is 0 Å². The maximum absolute atomic E-state index is 7.50. The molecule has 6 heteroatoms. The molecular weight excluding hydrogens is 999 g/mol. The quantitative estimate of drug-likeness (QED) is 0.121. The van der Waals surface area contributed by atoms with E-state index in [1.807, 2.05) is 6.20 Å². The molecule has 15 aromatic rings. The molecule has 386 valence electrons. The van der Waals surface area contributed by atoms with Gasteiger partial charge >= 0.3 is 0 Å². The SMILES string of the molecule is CC(C)(C)c1ccnc(-n2c3ccccc3c3cc4c(cc32)oc2cccc(c2)n2[c-][n+]3c5c(cccc52)c2ccccc2c2ccccc2c2cccc(c2-3)c2cccc(c2)n2c3ccccc3c3cc(ccc32)c2ccccc24)c1. The molecule has 0 fully saturated rings. The van der Waals surface area contributed by atoms with Crippen molar-refractivity contribution in [2.45, 2.75) is 26.2 Å². The molecule has 6 nitrogen and oxygen atoms in total. The van der Waals surface area contributed by atoms with Crippen LogP contribution in [0, 0.1) is 6.33 Å². The van der Waals surface area contributed by atoms with E-state index in [1.165, 1.54) is 27.1 Å². The Hall–Kier alpha value is -10.6. The Bertz CT molecular complexity index is 5770. The smallest absolute Gasteiger partial charge is 0.269 e. The van der Waals surface area contributed by atoms with E-state index in [0.717, 1.165) is 126 Å². The lowest BCUT2D eigenvalue weighted by molar-refractivity contribution is -0.568. The third-order valence-corrected chi connectivity index (χ3v) is 17.2. The Balaban J connectivity index is 1.12. The van der Waals surface area contributed by atoms with Crippen molar-refractivity contribution in [2.24, 2.45) is 0 Å². The predicted molar refractivity (Wildman–Crippen MR) is 342 cm³/mol. The van der Waals surface area contributed by atoms with E-state index in [2.05, 4.69) is 294 Å². The van der Waals surface area contributed by atoms with Crippen LogP contribution in [0.3, 0.4) is 0 Å². The fourth-order valence-electron chi connectivity index (χ4n) is 13.4. The minimum Gasteiger partial charge on any atom is -0.457 e. The van der Waals surface area contributed by atoms with Crippen molar-refractivity contribution in [3.05, 3.63) is 267 Å². The Morgan fingerprint density at radius 2 is 0.951 bits per heavy atom. The van der Waals surface area contributed by atoms with E-state index in [4.69, 9.17) is 9.40 Å². The Morgan fingerprint density at radius 1 is 0.390 bits per heavy atom. The second kappa shape index (κ2) is 17.5. The van der Waals surface area contributed by atoms with Crippen LogP contribution in [0.25, 0.3) is 153 Å². The minimum absolute atomic E-state index is 0.0774. The average molecular weight is 1050 g/mol. The van der Waals surface area contributed by atoms with Crippen molar-refractivity contribution < 1.29 is 8.98 Å². The molecule has 10 bridgehead atoms. The highest BCUT2D eigenvalue weighted by Gasteiger charge is 2.22. The lowest BCUT2D eigenvalue weighted by Gasteiger charge is -2.20. The first-order valence-electron chi connectivity index (χ1n) is 28.2. The highest BCUT2D eigenvalue weighted by atomic mass is 16.3. The third kappa shape index (κ3) is 6.88. The molecule has 0 atom stereocenters. The maximum Gasteiger partial charge on any atom is 0.269 e. The van der Waals surface area contributed by atoms with E-state index < -0.39 is 0 Å². The third-order valence-electron chi connectivity index (χ3n) is 17.2. The zero-order valence-electron chi connectivity index (χ0n) is 45.4. The van der Waals surface area contributed by atoms with Crippen molar-refractivity contribution in [3.63, 3.8) is 0 Å². The molecule has 0 saturated carbocycles. The number of nitrogens with zero attached hydrogens (tertiary/aromatic N) is 5. The zero-order valence-corrected chi connectivity index (χ0v) is 45.4. The lowest BCUT2D eigenvalue weighted by atomic mass is 9.88. The number of fused-ring (bicyclic) bond motifs is 10. The largest absolute Gasteiger partial charge is 0.457 e. The van der Waals surface area contributed by atoms with Gasteiger partial charge in [-0.05, 0) is 143 Å². The molecule has 0 N–H and O–H groups in total. The van der Waals surface area contributed by atoms with Crippen molar-refractivity contribution in [1.29, 1.82) is 0 Å². The number of benzene rings is 11. The molecule has 0 aliphatic carbocycles. The normalized spacial score (nSPS) is 12.3. The Labute approximate surface area is 470 Å². The molecule has 0 spiro atoms. The van der Waals surface area contributed by atoms with Gasteiger partial charge in [-0.2, -0.15) is 0 Å². The van der Waals surface area contributed by atoms with Crippen LogP contribution in [0.15, 0.2) is 259 Å². The molecule has 0 amide bonds. The van der Waals surface area contributed by atoms with Gasteiger partial charge < -0.3 is 8.82 Å². The van der Waals surface area contributed by atoms with Crippen molar-refractivity contribution in [3.8, 4) is 11.5 Å². The predicted octanol–water partition coefficient (Wildman–Crippen LogP) is 19.4. The van der Waals surface area contributed by atoms with E-state index >= 15 is 0 Å². The molecule has 7 heterocycles. The van der Waals surface area contributed by atoms with E-state index in [1.54, 1.807) is 0 Å². The number of hydrogen-bond acceptors (Lipinski definition) is 2. The Morgan fingerprint density at radius 3 is 1.73 bits per heavy atom. The molecule has 0 unspecified atom stereocenters. The summed E-state index contributed by atoms with van der Waals surface area (Å²) in [6, 6.07) is 91.1. The second-order valence-corrected chi connectivity index (χ2v) is 22.9.